The van der Waals surface area contributed by atoms with Crippen LogP contribution in [0.4, 0.5) is 0 Å². The fourth-order valence-electron chi connectivity index (χ4n) is 2.64. The highest BCUT2D eigenvalue weighted by molar-refractivity contribution is 7.84. The molecule has 0 aliphatic rings. The summed E-state index contributed by atoms with van der Waals surface area (Å²) in [5.74, 6) is -0.135. The number of amides is 1. The normalized spacial score (nSPS) is 13.4. The molecule has 0 heterocycles. The molecule has 1 amide bonds. The van der Waals surface area contributed by atoms with Crippen molar-refractivity contribution in [2.45, 2.75) is 17.9 Å². The van der Waals surface area contributed by atoms with E-state index in [0.29, 0.717) is 10.5 Å². The van der Waals surface area contributed by atoms with Gasteiger partial charge in [0, 0.05) is 27.5 Å². The third-order valence-electron chi connectivity index (χ3n) is 4.07. The quantitative estimate of drug-likeness (QED) is 0.780. The zero-order valence-electron chi connectivity index (χ0n) is 13.7. The van der Waals surface area contributed by atoms with Gasteiger partial charge in [0.05, 0.1) is 6.04 Å². The van der Waals surface area contributed by atoms with Crippen molar-refractivity contribution in [2.75, 3.05) is 6.26 Å². The SMILES string of the molecule is CC(NC(=O)c1ccc(S(C)=O)cc1)c1ccc2ccccc2c1. The van der Waals surface area contributed by atoms with Crippen molar-refractivity contribution in [3.05, 3.63) is 77.9 Å². The van der Waals surface area contributed by atoms with E-state index in [1.165, 1.54) is 5.39 Å². The third kappa shape index (κ3) is 3.54. The lowest BCUT2D eigenvalue weighted by molar-refractivity contribution is 0.0940. The lowest BCUT2D eigenvalue weighted by Crippen LogP contribution is -2.26. The van der Waals surface area contributed by atoms with Gasteiger partial charge in [-0.1, -0.05) is 36.4 Å². The molecule has 3 rings (SSSR count). The van der Waals surface area contributed by atoms with Gasteiger partial charge < -0.3 is 5.32 Å². The lowest BCUT2D eigenvalue weighted by Gasteiger charge is -2.15. The Hall–Kier alpha value is -2.46. The standard InChI is InChI=1S/C20H19NO2S/c1-14(17-8-7-15-5-3-4-6-18(15)13-17)21-20(22)16-9-11-19(12-10-16)24(2)23/h3-14H,1-2H3,(H,21,22). The van der Waals surface area contributed by atoms with Crippen molar-refractivity contribution >= 4 is 27.5 Å². The average Bonchev–Trinajstić information content (AvgIpc) is 2.61. The minimum absolute atomic E-state index is 0.0953. The molecular weight excluding hydrogens is 318 g/mol. The first-order valence-electron chi connectivity index (χ1n) is 7.77. The van der Waals surface area contributed by atoms with Gasteiger partial charge in [0.25, 0.3) is 5.91 Å². The molecule has 3 aromatic rings. The Morgan fingerprint density at radius 1 is 0.958 bits per heavy atom. The van der Waals surface area contributed by atoms with Crippen LogP contribution in [0.3, 0.4) is 0 Å². The minimum Gasteiger partial charge on any atom is -0.346 e. The number of benzene rings is 3. The van der Waals surface area contributed by atoms with Gasteiger partial charge in [-0.3, -0.25) is 9.00 Å². The van der Waals surface area contributed by atoms with E-state index in [4.69, 9.17) is 0 Å². The van der Waals surface area contributed by atoms with Gasteiger partial charge in [-0.05, 0) is 53.6 Å². The van der Waals surface area contributed by atoms with E-state index in [-0.39, 0.29) is 11.9 Å². The van der Waals surface area contributed by atoms with Gasteiger partial charge in [-0.15, -0.1) is 0 Å². The predicted octanol–water partition coefficient (Wildman–Crippen LogP) is 4.07. The van der Waals surface area contributed by atoms with E-state index in [1.54, 1.807) is 30.5 Å². The lowest BCUT2D eigenvalue weighted by atomic mass is 10.0. The summed E-state index contributed by atoms with van der Waals surface area (Å²) in [4.78, 5) is 13.1. The maximum Gasteiger partial charge on any atom is 0.251 e. The molecule has 0 fully saturated rings. The van der Waals surface area contributed by atoms with Gasteiger partial charge in [0.1, 0.15) is 0 Å². The summed E-state index contributed by atoms with van der Waals surface area (Å²) in [7, 11) is -1.04. The molecule has 0 aliphatic heterocycles. The maximum absolute atomic E-state index is 12.4. The van der Waals surface area contributed by atoms with Crippen LogP contribution in [0.2, 0.25) is 0 Å². The first-order valence-corrected chi connectivity index (χ1v) is 9.33. The van der Waals surface area contributed by atoms with Gasteiger partial charge in [-0.25, -0.2) is 0 Å². The number of nitrogens with one attached hydrogen (secondary N) is 1. The van der Waals surface area contributed by atoms with Crippen LogP contribution in [0.15, 0.2) is 71.6 Å². The smallest absolute Gasteiger partial charge is 0.251 e. The molecule has 0 aliphatic carbocycles. The number of fused-ring (bicyclic) bond motifs is 1. The molecule has 3 aromatic carbocycles. The summed E-state index contributed by atoms with van der Waals surface area (Å²) in [6.45, 7) is 1.97. The van der Waals surface area contributed by atoms with Crippen molar-refractivity contribution in [1.82, 2.24) is 5.32 Å². The highest BCUT2D eigenvalue weighted by Crippen LogP contribution is 2.20. The monoisotopic (exact) mass is 337 g/mol. The number of carbonyl (C=O) groups is 1. The molecule has 2 unspecified atom stereocenters. The van der Waals surface area contributed by atoms with E-state index < -0.39 is 10.8 Å². The molecule has 0 saturated heterocycles. The summed E-state index contributed by atoms with van der Waals surface area (Å²) in [5, 5.41) is 5.35. The molecule has 0 saturated carbocycles. The molecule has 0 spiro atoms. The molecule has 1 N–H and O–H groups in total. The Kier molecular flexibility index (Phi) is 4.76. The average molecular weight is 337 g/mol. The number of hydrogen-bond acceptors (Lipinski definition) is 2. The van der Waals surface area contributed by atoms with Crippen molar-refractivity contribution in [1.29, 1.82) is 0 Å². The zero-order chi connectivity index (χ0) is 17.1. The maximum atomic E-state index is 12.4. The van der Waals surface area contributed by atoms with E-state index in [9.17, 15) is 9.00 Å². The first-order chi connectivity index (χ1) is 11.5. The Bertz CT molecular complexity index is 903. The third-order valence-corrected chi connectivity index (χ3v) is 5.01. The summed E-state index contributed by atoms with van der Waals surface area (Å²) in [6, 6.07) is 21.1. The number of carbonyl (C=O) groups excluding carboxylic acids is 1. The largest absolute Gasteiger partial charge is 0.346 e. The molecule has 0 radical (unpaired) electrons. The first kappa shape index (κ1) is 16.4. The van der Waals surface area contributed by atoms with Crippen LogP contribution >= 0.6 is 0 Å². The van der Waals surface area contributed by atoms with Crippen LogP contribution in [0.5, 0.6) is 0 Å². The Morgan fingerprint density at radius 2 is 1.62 bits per heavy atom. The highest BCUT2D eigenvalue weighted by Gasteiger charge is 2.12. The highest BCUT2D eigenvalue weighted by atomic mass is 32.2. The summed E-state index contributed by atoms with van der Waals surface area (Å²) < 4.78 is 11.4. The van der Waals surface area contributed by atoms with Crippen LogP contribution in [0.1, 0.15) is 28.9 Å². The Balaban J connectivity index is 1.76. The van der Waals surface area contributed by atoms with Gasteiger partial charge >= 0.3 is 0 Å². The number of rotatable bonds is 4. The van der Waals surface area contributed by atoms with Crippen LogP contribution < -0.4 is 5.32 Å². The molecule has 4 heteroatoms. The van der Waals surface area contributed by atoms with Gasteiger partial charge in [-0.2, -0.15) is 0 Å². The van der Waals surface area contributed by atoms with Crippen molar-refractivity contribution < 1.29 is 9.00 Å². The molecule has 3 nitrogen and oxygen atoms in total. The molecule has 0 aromatic heterocycles. The second-order valence-corrected chi connectivity index (χ2v) is 7.16. The van der Waals surface area contributed by atoms with Crippen molar-refractivity contribution in [3.63, 3.8) is 0 Å². The Morgan fingerprint density at radius 3 is 2.29 bits per heavy atom. The zero-order valence-corrected chi connectivity index (χ0v) is 14.5. The van der Waals surface area contributed by atoms with Crippen molar-refractivity contribution in [3.8, 4) is 0 Å². The molecule has 2 atom stereocenters. The second-order valence-electron chi connectivity index (χ2n) is 5.78. The fourth-order valence-corrected chi connectivity index (χ4v) is 3.16. The van der Waals surface area contributed by atoms with E-state index in [0.717, 1.165) is 10.9 Å². The second kappa shape index (κ2) is 6.97. The predicted molar refractivity (Wildman–Crippen MR) is 98.6 cm³/mol. The van der Waals surface area contributed by atoms with Crippen LogP contribution in [0.25, 0.3) is 10.8 Å². The van der Waals surface area contributed by atoms with E-state index in [2.05, 4.69) is 29.6 Å². The van der Waals surface area contributed by atoms with Crippen LogP contribution in [-0.4, -0.2) is 16.4 Å². The van der Waals surface area contributed by atoms with Gasteiger partial charge in [0.2, 0.25) is 0 Å². The minimum atomic E-state index is -1.04. The van der Waals surface area contributed by atoms with Crippen LogP contribution in [-0.2, 0) is 10.8 Å². The summed E-state index contributed by atoms with van der Waals surface area (Å²) >= 11 is 0. The van der Waals surface area contributed by atoms with Gasteiger partial charge in [0.15, 0.2) is 0 Å². The van der Waals surface area contributed by atoms with E-state index >= 15 is 0 Å². The molecule has 122 valence electrons. The van der Waals surface area contributed by atoms with E-state index in [1.807, 2.05) is 25.1 Å². The van der Waals surface area contributed by atoms with Crippen LogP contribution in [0, 0.1) is 0 Å². The molecule has 24 heavy (non-hydrogen) atoms. The topological polar surface area (TPSA) is 46.2 Å². The molecule has 0 bridgehead atoms. The van der Waals surface area contributed by atoms with Crippen molar-refractivity contribution in [2.24, 2.45) is 0 Å². The molecular formula is C20H19NO2S. The summed E-state index contributed by atoms with van der Waals surface area (Å²) in [6.07, 6.45) is 1.62. The summed E-state index contributed by atoms with van der Waals surface area (Å²) in [5.41, 5.74) is 1.63. The Labute approximate surface area is 144 Å². The fraction of sp³-hybridized carbons (Fsp3) is 0.150. The number of hydrogen-bond donors (Lipinski definition) is 1.